The molecule has 280 valence electrons. The van der Waals surface area contributed by atoms with Crippen LogP contribution in [0.4, 0.5) is 5.69 Å². The largest absolute Gasteiger partial charge is 0.504 e. The molecular weight excluding hydrogens is 644 g/mol. The number of aromatic hydroxyl groups is 2. The number of aliphatic imine (C=N–C) groups is 1. The second-order valence-corrected chi connectivity index (χ2v) is 15.0. The zero-order valence-corrected chi connectivity index (χ0v) is 31.0. The second-order valence-electron chi connectivity index (χ2n) is 15.0. The lowest BCUT2D eigenvalue weighted by atomic mass is 9.76. The first-order valence-electron chi connectivity index (χ1n) is 19.1. The summed E-state index contributed by atoms with van der Waals surface area (Å²) < 4.78 is 18.4. The Morgan fingerprint density at radius 2 is 1.78 bits per heavy atom. The number of benzene rings is 2. The Hall–Kier alpha value is -3.76. The van der Waals surface area contributed by atoms with E-state index in [4.69, 9.17) is 19.9 Å². The van der Waals surface area contributed by atoms with Gasteiger partial charge < -0.3 is 40.8 Å². The zero-order chi connectivity index (χ0) is 36.3. The van der Waals surface area contributed by atoms with E-state index in [2.05, 4.69) is 15.6 Å². The number of phenols is 2. The van der Waals surface area contributed by atoms with Crippen molar-refractivity contribution >= 4 is 17.4 Å². The van der Waals surface area contributed by atoms with Crippen molar-refractivity contribution in [3.63, 3.8) is 0 Å². The summed E-state index contributed by atoms with van der Waals surface area (Å²) in [6, 6.07) is 9.13. The van der Waals surface area contributed by atoms with Gasteiger partial charge in [-0.05, 0) is 125 Å². The van der Waals surface area contributed by atoms with Gasteiger partial charge in [-0.15, -0.1) is 0 Å². The van der Waals surface area contributed by atoms with Crippen molar-refractivity contribution in [3.05, 3.63) is 53.6 Å². The highest BCUT2D eigenvalue weighted by Gasteiger charge is 2.42. The first-order chi connectivity index (χ1) is 24.7. The molecule has 2 atom stereocenters. The van der Waals surface area contributed by atoms with Crippen molar-refractivity contribution in [3.8, 4) is 23.0 Å². The Morgan fingerprint density at radius 3 is 2.51 bits per heavy atom. The number of hydrogen-bond donors (Lipinski definition) is 5. The van der Waals surface area contributed by atoms with Gasteiger partial charge in [0.2, 0.25) is 0 Å². The van der Waals surface area contributed by atoms with E-state index in [1.54, 1.807) is 19.2 Å². The molecule has 2 aromatic carbocycles. The molecule has 0 aromatic heterocycles. The number of nitrogens with two attached hydrogens (primary N) is 1. The number of guanidine groups is 1. The minimum Gasteiger partial charge on any atom is -0.504 e. The van der Waals surface area contributed by atoms with E-state index in [1.165, 1.54) is 39.2 Å². The predicted octanol–water partition coefficient (Wildman–Crippen LogP) is 7.20. The average Bonchev–Trinajstić information content (AvgIpc) is 3.77. The van der Waals surface area contributed by atoms with Crippen molar-refractivity contribution < 1.29 is 29.2 Å². The van der Waals surface area contributed by atoms with E-state index >= 15 is 0 Å². The van der Waals surface area contributed by atoms with E-state index in [1.807, 2.05) is 37.4 Å². The molecule has 0 saturated heterocycles. The van der Waals surface area contributed by atoms with Gasteiger partial charge in [-0.25, -0.2) is 0 Å². The number of anilines is 1. The van der Waals surface area contributed by atoms with Crippen molar-refractivity contribution in [2.24, 2.45) is 22.1 Å². The summed E-state index contributed by atoms with van der Waals surface area (Å²) in [5, 5.41) is 27.8. The molecule has 0 spiro atoms. The highest BCUT2D eigenvalue weighted by atomic mass is 16.5. The zero-order valence-electron chi connectivity index (χ0n) is 31.0. The van der Waals surface area contributed by atoms with Gasteiger partial charge in [0.1, 0.15) is 5.60 Å². The van der Waals surface area contributed by atoms with Crippen LogP contribution in [0.2, 0.25) is 0 Å². The van der Waals surface area contributed by atoms with Crippen LogP contribution in [0.3, 0.4) is 0 Å². The molecule has 3 saturated carbocycles. The Kier molecular flexibility index (Phi) is 13.7. The maximum Gasteiger partial charge on any atom is 0.192 e. The SMILES string of the molecule is CN=C(N)Nc1cc(CCC=CC(=O)C2(Cc3ccc(O)c(OC)c3)CCCC2)cc(OC2(CNC)CCC(CCOC3CCCCC3)C2)c1O. The standard InChI is InChI=1S/C41H60N4O6/c1-43-28-41(21-17-29(27-41)18-22-50-32-12-5-4-6-13-32)51-36-24-30(23-33(38(36)48)45-39(42)44-2)11-7-8-14-37(47)40(19-9-10-20-40)26-31-15-16-34(46)35(25-31)49-3/h8,14-16,23-25,29,32,43,46,48H,4-7,9-13,17-22,26-28H2,1-3H3,(H3,42,44,45). The van der Waals surface area contributed by atoms with Gasteiger partial charge >= 0.3 is 0 Å². The number of carbonyl (C=O) groups excluding carboxylic acids is 1. The average molecular weight is 705 g/mol. The number of phenolic OH excluding ortho intramolecular Hbond substituents is 2. The Balaban J connectivity index is 1.26. The number of hydrogen-bond acceptors (Lipinski definition) is 8. The minimum atomic E-state index is -0.453. The highest BCUT2D eigenvalue weighted by molar-refractivity contribution is 5.95. The molecule has 51 heavy (non-hydrogen) atoms. The third-order valence-corrected chi connectivity index (χ3v) is 11.3. The smallest absolute Gasteiger partial charge is 0.192 e. The number of nitrogens with zero attached hydrogens (tertiary/aromatic N) is 1. The molecule has 0 bridgehead atoms. The van der Waals surface area contributed by atoms with Gasteiger partial charge in [-0.1, -0.05) is 44.2 Å². The number of ether oxygens (including phenoxy) is 3. The van der Waals surface area contributed by atoms with Gasteiger partial charge in [0, 0.05) is 25.6 Å². The number of methoxy groups -OCH3 is 1. The van der Waals surface area contributed by atoms with Crippen LogP contribution in [0.15, 0.2) is 47.5 Å². The number of nitrogens with one attached hydrogen (secondary N) is 2. The minimum absolute atomic E-state index is 0.00432. The van der Waals surface area contributed by atoms with Crippen LogP contribution in [-0.2, 0) is 22.4 Å². The van der Waals surface area contributed by atoms with Gasteiger partial charge in [0.15, 0.2) is 34.7 Å². The third-order valence-electron chi connectivity index (χ3n) is 11.3. The van der Waals surface area contributed by atoms with Crippen LogP contribution in [0.5, 0.6) is 23.0 Å². The maximum atomic E-state index is 13.7. The van der Waals surface area contributed by atoms with Gasteiger partial charge in [-0.2, -0.15) is 0 Å². The fraction of sp³-hybridized carbons (Fsp3) is 0.610. The number of likely N-dealkylation sites (N-methyl/N-ethyl adjacent to an activating group) is 1. The molecule has 0 aliphatic heterocycles. The first-order valence-corrected chi connectivity index (χ1v) is 19.1. The van der Waals surface area contributed by atoms with Crippen LogP contribution >= 0.6 is 0 Å². The fourth-order valence-electron chi connectivity index (χ4n) is 8.50. The lowest BCUT2D eigenvalue weighted by Crippen LogP contribution is -2.42. The number of allylic oxidation sites excluding steroid dienone is 2. The fourth-order valence-corrected chi connectivity index (χ4v) is 8.50. The molecule has 2 unspecified atom stereocenters. The molecule has 2 aromatic rings. The predicted molar refractivity (Wildman–Crippen MR) is 203 cm³/mol. The summed E-state index contributed by atoms with van der Waals surface area (Å²) in [5.41, 5.74) is 7.51. The summed E-state index contributed by atoms with van der Waals surface area (Å²) in [4.78, 5) is 17.7. The van der Waals surface area contributed by atoms with Gasteiger partial charge in [0.05, 0.1) is 18.9 Å². The molecule has 0 radical (unpaired) electrons. The van der Waals surface area contributed by atoms with Crippen LogP contribution in [0.25, 0.3) is 0 Å². The Labute approximate surface area is 304 Å². The number of ketones is 1. The molecular formula is C41H60N4O6. The van der Waals surface area contributed by atoms with Gasteiger partial charge in [0.25, 0.3) is 0 Å². The number of aryl methyl sites for hydroxylation is 1. The molecule has 3 fully saturated rings. The van der Waals surface area contributed by atoms with Crippen molar-refractivity contribution in [1.29, 1.82) is 0 Å². The van der Waals surface area contributed by atoms with E-state index < -0.39 is 11.0 Å². The van der Waals surface area contributed by atoms with Crippen molar-refractivity contribution in [2.75, 3.05) is 39.7 Å². The van der Waals surface area contributed by atoms with Crippen LogP contribution in [0, 0.1) is 11.3 Å². The molecule has 6 N–H and O–H groups in total. The van der Waals surface area contributed by atoms with E-state index in [0.717, 1.165) is 69.1 Å². The molecule has 0 heterocycles. The van der Waals surface area contributed by atoms with E-state index in [9.17, 15) is 15.0 Å². The van der Waals surface area contributed by atoms with E-state index in [0.29, 0.717) is 55.0 Å². The molecule has 5 rings (SSSR count). The molecule has 3 aliphatic carbocycles. The third kappa shape index (κ3) is 10.2. The van der Waals surface area contributed by atoms with Crippen molar-refractivity contribution in [1.82, 2.24) is 5.32 Å². The topological polar surface area (TPSA) is 148 Å². The summed E-state index contributed by atoms with van der Waals surface area (Å²) in [7, 11) is 5.07. The highest BCUT2D eigenvalue weighted by Crippen LogP contribution is 2.45. The summed E-state index contributed by atoms with van der Waals surface area (Å²) in [5.74, 6) is 1.77. The molecule has 3 aliphatic rings. The number of carbonyl (C=O) groups is 1. The number of rotatable bonds is 17. The maximum absolute atomic E-state index is 13.7. The van der Waals surface area contributed by atoms with E-state index in [-0.39, 0.29) is 23.2 Å². The normalized spacial score (nSPS) is 22.4. The summed E-state index contributed by atoms with van der Waals surface area (Å²) in [6.07, 6.45) is 19.8. The van der Waals surface area contributed by atoms with Crippen LogP contribution in [0.1, 0.15) is 101 Å². The summed E-state index contributed by atoms with van der Waals surface area (Å²) in [6.45, 7) is 1.46. The Bertz CT molecular complexity index is 1510. The first kappa shape index (κ1) is 38.5. The molecule has 10 nitrogen and oxygen atoms in total. The van der Waals surface area contributed by atoms with Crippen molar-refractivity contribution in [2.45, 2.75) is 114 Å². The monoisotopic (exact) mass is 704 g/mol. The quantitative estimate of drug-likeness (QED) is 0.0499. The van der Waals surface area contributed by atoms with Crippen LogP contribution in [-0.4, -0.2) is 68.0 Å². The summed E-state index contributed by atoms with van der Waals surface area (Å²) >= 11 is 0. The van der Waals surface area contributed by atoms with Crippen LogP contribution < -0.4 is 25.8 Å². The Morgan fingerprint density at radius 1 is 1.02 bits per heavy atom. The lowest BCUT2D eigenvalue weighted by molar-refractivity contribution is -0.123. The lowest BCUT2D eigenvalue weighted by Gasteiger charge is -2.32. The second kappa shape index (κ2) is 18.1. The molecule has 0 amide bonds. The van der Waals surface area contributed by atoms with Gasteiger partial charge in [-0.3, -0.25) is 9.79 Å². The molecule has 10 heteroatoms.